The van der Waals surface area contributed by atoms with Gasteiger partial charge in [-0.05, 0) is 31.0 Å². The predicted octanol–water partition coefficient (Wildman–Crippen LogP) is 3.20. The number of amides is 1. The number of aliphatic hydroxyl groups excluding tert-OH is 1. The zero-order chi connectivity index (χ0) is 14.4. The zero-order valence-electron chi connectivity index (χ0n) is 11.3. The van der Waals surface area contributed by atoms with Crippen molar-refractivity contribution in [2.75, 3.05) is 11.9 Å². The maximum Gasteiger partial charge on any atom is 0.227 e. The summed E-state index contributed by atoms with van der Waals surface area (Å²) in [6.45, 7) is 0.0321. The van der Waals surface area contributed by atoms with Gasteiger partial charge in [-0.3, -0.25) is 4.79 Å². The third-order valence-corrected chi connectivity index (χ3v) is 3.66. The summed E-state index contributed by atoms with van der Waals surface area (Å²) in [6.07, 6.45) is 4.57. The molecule has 106 valence electrons. The van der Waals surface area contributed by atoms with Crippen molar-refractivity contribution in [1.82, 2.24) is 0 Å². The van der Waals surface area contributed by atoms with E-state index >= 15 is 0 Å². The summed E-state index contributed by atoms with van der Waals surface area (Å²) in [5.74, 6) is 5.97. The fraction of sp³-hybridized carbons (Fsp3) is 0.438. The van der Waals surface area contributed by atoms with E-state index in [-0.39, 0.29) is 18.4 Å². The molecule has 0 atom stereocenters. The summed E-state index contributed by atoms with van der Waals surface area (Å²) in [4.78, 5) is 12.2. The number of halogens is 1. The highest BCUT2D eigenvalue weighted by atomic mass is 35.5. The summed E-state index contributed by atoms with van der Waals surface area (Å²) in [6, 6.07) is 5.25. The standard InChI is InChI=1S/C16H18ClNO2/c17-14-9-8-12(5-3-4-10-19)15(11-14)18-16(20)13-6-1-2-7-13/h8-9,11,13,19H,1-2,4,6-7,10H2,(H,18,20). The maximum atomic E-state index is 12.2. The smallest absolute Gasteiger partial charge is 0.227 e. The average Bonchev–Trinajstić information content (AvgIpc) is 2.95. The van der Waals surface area contributed by atoms with Crippen LogP contribution in [0.15, 0.2) is 18.2 Å². The molecule has 0 aliphatic heterocycles. The number of aliphatic hydroxyl groups is 1. The molecule has 0 radical (unpaired) electrons. The first-order valence-corrected chi connectivity index (χ1v) is 7.28. The Kier molecular flexibility index (Phi) is 5.46. The molecular weight excluding hydrogens is 274 g/mol. The SMILES string of the molecule is O=C(Nc1cc(Cl)ccc1C#CCCO)C1CCCC1. The van der Waals surface area contributed by atoms with Crippen LogP contribution < -0.4 is 5.32 Å². The van der Waals surface area contributed by atoms with Gasteiger partial charge in [0.15, 0.2) is 0 Å². The number of hydrogen-bond acceptors (Lipinski definition) is 2. The summed E-state index contributed by atoms with van der Waals surface area (Å²) in [5, 5.41) is 12.3. The summed E-state index contributed by atoms with van der Waals surface area (Å²) in [7, 11) is 0. The van der Waals surface area contributed by atoms with Gasteiger partial charge >= 0.3 is 0 Å². The van der Waals surface area contributed by atoms with E-state index in [0.717, 1.165) is 31.2 Å². The number of rotatable bonds is 3. The second kappa shape index (κ2) is 7.33. The molecule has 0 unspecified atom stereocenters. The van der Waals surface area contributed by atoms with Crippen LogP contribution in [0.1, 0.15) is 37.7 Å². The van der Waals surface area contributed by atoms with Crippen molar-refractivity contribution in [2.45, 2.75) is 32.1 Å². The van der Waals surface area contributed by atoms with E-state index in [2.05, 4.69) is 17.2 Å². The van der Waals surface area contributed by atoms with Gasteiger partial charge in [0.1, 0.15) is 0 Å². The lowest BCUT2D eigenvalue weighted by Crippen LogP contribution is -2.20. The van der Waals surface area contributed by atoms with Gasteiger partial charge in [0.25, 0.3) is 0 Å². The van der Waals surface area contributed by atoms with E-state index in [4.69, 9.17) is 16.7 Å². The minimum absolute atomic E-state index is 0.0321. The minimum atomic E-state index is 0.0321. The molecule has 1 aliphatic rings. The Bertz CT molecular complexity index is 539. The highest BCUT2D eigenvalue weighted by Crippen LogP contribution is 2.27. The molecule has 0 aromatic heterocycles. The number of carbonyl (C=O) groups is 1. The highest BCUT2D eigenvalue weighted by molar-refractivity contribution is 6.31. The topological polar surface area (TPSA) is 49.3 Å². The number of carbonyl (C=O) groups excluding carboxylic acids is 1. The van der Waals surface area contributed by atoms with Gasteiger partial charge < -0.3 is 10.4 Å². The summed E-state index contributed by atoms with van der Waals surface area (Å²) in [5.41, 5.74) is 1.38. The second-order valence-electron chi connectivity index (χ2n) is 4.94. The lowest BCUT2D eigenvalue weighted by molar-refractivity contribution is -0.119. The van der Waals surface area contributed by atoms with Crippen LogP contribution in [-0.2, 0) is 4.79 Å². The molecule has 1 fully saturated rings. The molecule has 1 aromatic rings. The number of anilines is 1. The van der Waals surface area contributed by atoms with Crippen molar-refractivity contribution < 1.29 is 9.90 Å². The first kappa shape index (κ1) is 14.9. The van der Waals surface area contributed by atoms with Crippen LogP contribution in [0.5, 0.6) is 0 Å². The van der Waals surface area contributed by atoms with Crippen molar-refractivity contribution in [3.8, 4) is 11.8 Å². The van der Waals surface area contributed by atoms with Crippen LogP contribution in [0, 0.1) is 17.8 Å². The Balaban J connectivity index is 2.14. The van der Waals surface area contributed by atoms with E-state index in [1.807, 2.05) is 0 Å². The third kappa shape index (κ3) is 4.00. The first-order valence-electron chi connectivity index (χ1n) is 6.91. The van der Waals surface area contributed by atoms with Crippen molar-refractivity contribution in [1.29, 1.82) is 0 Å². The van der Waals surface area contributed by atoms with Crippen LogP contribution in [0.4, 0.5) is 5.69 Å². The molecule has 3 nitrogen and oxygen atoms in total. The molecule has 0 spiro atoms. The maximum absolute atomic E-state index is 12.2. The van der Waals surface area contributed by atoms with E-state index < -0.39 is 0 Å². The van der Waals surface area contributed by atoms with Gasteiger partial charge in [-0.2, -0.15) is 0 Å². The molecule has 2 N–H and O–H groups in total. The first-order chi connectivity index (χ1) is 9.70. The molecular formula is C16H18ClNO2. The van der Waals surface area contributed by atoms with Gasteiger partial charge in [-0.1, -0.05) is 36.3 Å². The van der Waals surface area contributed by atoms with Crippen LogP contribution in [0.3, 0.4) is 0 Å². The minimum Gasteiger partial charge on any atom is -0.395 e. The lowest BCUT2D eigenvalue weighted by atomic mass is 10.1. The molecule has 1 saturated carbocycles. The number of nitrogens with one attached hydrogen (secondary N) is 1. The van der Waals surface area contributed by atoms with Crippen molar-refractivity contribution in [3.05, 3.63) is 28.8 Å². The van der Waals surface area contributed by atoms with Crippen LogP contribution in [0.25, 0.3) is 0 Å². The zero-order valence-corrected chi connectivity index (χ0v) is 12.0. The number of benzene rings is 1. The quantitative estimate of drug-likeness (QED) is 0.840. The van der Waals surface area contributed by atoms with Gasteiger partial charge in [-0.15, -0.1) is 0 Å². The monoisotopic (exact) mass is 291 g/mol. The van der Waals surface area contributed by atoms with Gasteiger partial charge in [0.2, 0.25) is 5.91 Å². The van der Waals surface area contributed by atoms with E-state index in [0.29, 0.717) is 17.1 Å². The van der Waals surface area contributed by atoms with Crippen molar-refractivity contribution in [2.24, 2.45) is 5.92 Å². The molecule has 0 saturated heterocycles. The molecule has 1 amide bonds. The molecule has 1 aliphatic carbocycles. The Morgan fingerprint density at radius 3 is 2.85 bits per heavy atom. The second-order valence-corrected chi connectivity index (χ2v) is 5.37. The van der Waals surface area contributed by atoms with E-state index in [1.165, 1.54) is 0 Å². The molecule has 0 heterocycles. The van der Waals surface area contributed by atoms with Gasteiger partial charge in [-0.25, -0.2) is 0 Å². The fourth-order valence-electron chi connectivity index (χ4n) is 2.37. The normalized spacial score (nSPS) is 14.7. The average molecular weight is 292 g/mol. The van der Waals surface area contributed by atoms with Crippen molar-refractivity contribution >= 4 is 23.2 Å². The Morgan fingerprint density at radius 2 is 2.15 bits per heavy atom. The van der Waals surface area contributed by atoms with Gasteiger partial charge in [0.05, 0.1) is 12.3 Å². The molecule has 4 heteroatoms. The fourth-order valence-corrected chi connectivity index (χ4v) is 2.54. The summed E-state index contributed by atoms with van der Waals surface area (Å²) >= 11 is 5.98. The highest BCUT2D eigenvalue weighted by Gasteiger charge is 2.23. The largest absolute Gasteiger partial charge is 0.395 e. The molecule has 2 rings (SSSR count). The molecule has 0 bridgehead atoms. The van der Waals surface area contributed by atoms with Crippen LogP contribution >= 0.6 is 11.6 Å². The Hall–Kier alpha value is -1.50. The van der Waals surface area contributed by atoms with E-state index in [1.54, 1.807) is 18.2 Å². The van der Waals surface area contributed by atoms with Crippen LogP contribution in [0.2, 0.25) is 5.02 Å². The lowest BCUT2D eigenvalue weighted by Gasteiger charge is -2.12. The Morgan fingerprint density at radius 1 is 1.40 bits per heavy atom. The Labute approximate surface area is 124 Å². The van der Waals surface area contributed by atoms with Crippen molar-refractivity contribution in [3.63, 3.8) is 0 Å². The summed E-state index contributed by atoms with van der Waals surface area (Å²) < 4.78 is 0. The molecule has 1 aromatic carbocycles. The van der Waals surface area contributed by atoms with Gasteiger partial charge in [0, 0.05) is 22.9 Å². The number of hydrogen-bond donors (Lipinski definition) is 2. The predicted molar refractivity (Wildman–Crippen MR) is 80.6 cm³/mol. The van der Waals surface area contributed by atoms with E-state index in [9.17, 15) is 4.79 Å². The molecule has 20 heavy (non-hydrogen) atoms. The van der Waals surface area contributed by atoms with Crippen LogP contribution in [-0.4, -0.2) is 17.6 Å². The third-order valence-electron chi connectivity index (χ3n) is 3.43.